The molecule has 0 spiro atoms. The second kappa shape index (κ2) is 8.31. The number of aryl methyl sites for hydroxylation is 1. The summed E-state index contributed by atoms with van der Waals surface area (Å²) in [5, 5.41) is 6.81. The van der Waals surface area contributed by atoms with Crippen molar-refractivity contribution in [3.63, 3.8) is 0 Å². The molecule has 0 unspecified atom stereocenters. The van der Waals surface area contributed by atoms with Crippen molar-refractivity contribution in [2.24, 2.45) is 0 Å². The van der Waals surface area contributed by atoms with Crippen molar-refractivity contribution in [2.75, 3.05) is 26.2 Å². The van der Waals surface area contributed by atoms with Gasteiger partial charge in [0.2, 0.25) is 0 Å². The van der Waals surface area contributed by atoms with E-state index in [-0.39, 0.29) is 0 Å². The van der Waals surface area contributed by atoms with Crippen LogP contribution in [0.2, 0.25) is 0 Å². The number of benzene rings is 1. The Morgan fingerprint density at radius 3 is 2.50 bits per heavy atom. The van der Waals surface area contributed by atoms with E-state index in [1.165, 1.54) is 17.5 Å². The summed E-state index contributed by atoms with van der Waals surface area (Å²) in [4.78, 5) is 0. The van der Waals surface area contributed by atoms with E-state index in [1.54, 1.807) is 0 Å². The summed E-state index contributed by atoms with van der Waals surface area (Å²) in [6.07, 6.45) is 2.34. The number of rotatable bonds is 8. The van der Waals surface area contributed by atoms with Gasteiger partial charge in [0.05, 0.1) is 0 Å². The van der Waals surface area contributed by atoms with Crippen LogP contribution in [0, 0.1) is 6.92 Å². The maximum absolute atomic E-state index is 3.48. The Morgan fingerprint density at radius 1 is 1.00 bits per heavy atom. The summed E-state index contributed by atoms with van der Waals surface area (Å²) in [6.45, 7) is 8.71. The van der Waals surface area contributed by atoms with Gasteiger partial charge in [0, 0.05) is 0 Å². The number of hydrogen-bond acceptors (Lipinski definition) is 2. The van der Waals surface area contributed by atoms with Crippen molar-refractivity contribution in [2.45, 2.75) is 26.7 Å². The van der Waals surface area contributed by atoms with Crippen molar-refractivity contribution >= 4 is 0 Å². The zero-order chi connectivity index (χ0) is 11.6. The van der Waals surface area contributed by atoms with E-state index in [0.717, 1.165) is 32.6 Å². The molecule has 16 heavy (non-hydrogen) atoms. The Bertz CT molecular complexity index is 284. The predicted octanol–water partition coefficient (Wildman–Crippen LogP) is 2.13. The standard InChI is InChI=1S/C14H24N2/c1-3-15-10-6-11-16-12-9-14-8-5-4-7-13(14)2/h4-5,7-8,15-16H,3,6,9-12H2,1-2H3. The van der Waals surface area contributed by atoms with E-state index in [1.807, 2.05) is 0 Å². The topological polar surface area (TPSA) is 24.1 Å². The highest BCUT2D eigenvalue weighted by Crippen LogP contribution is 2.06. The molecule has 2 N–H and O–H groups in total. The molecule has 0 aliphatic heterocycles. The molecule has 0 atom stereocenters. The molecule has 0 aliphatic rings. The molecule has 0 saturated heterocycles. The van der Waals surface area contributed by atoms with Gasteiger partial charge in [-0.05, 0) is 57.1 Å². The van der Waals surface area contributed by atoms with Gasteiger partial charge in [-0.25, -0.2) is 0 Å². The van der Waals surface area contributed by atoms with Crippen molar-refractivity contribution in [3.05, 3.63) is 35.4 Å². The van der Waals surface area contributed by atoms with Crippen molar-refractivity contribution in [1.29, 1.82) is 0 Å². The van der Waals surface area contributed by atoms with Crippen LogP contribution < -0.4 is 10.6 Å². The lowest BCUT2D eigenvalue weighted by molar-refractivity contribution is 0.606. The molecular weight excluding hydrogens is 196 g/mol. The van der Waals surface area contributed by atoms with E-state index < -0.39 is 0 Å². The fourth-order valence-corrected chi connectivity index (χ4v) is 1.75. The van der Waals surface area contributed by atoms with Crippen LogP contribution in [0.4, 0.5) is 0 Å². The van der Waals surface area contributed by atoms with Crippen LogP contribution >= 0.6 is 0 Å². The van der Waals surface area contributed by atoms with Crippen molar-refractivity contribution < 1.29 is 0 Å². The fourth-order valence-electron chi connectivity index (χ4n) is 1.75. The summed E-state index contributed by atoms with van der Waals surface area (Å²) in [5.41, 5.74) is 2.86. The van der Waals surface area contributed by atoms with Crippen LogP contribution in [-0.4, -0.2) is 26.2 Å². The minimum atomic E-state index is 1.07. The van der Waals surface area contributed by atoms with Gasteiger partial charge in [-0.1, -0.05) is 31.2 Å². The van der Waals surface area contributed by atoms with E-state index >= 15 is 0 Å². The average Bonchev–Trinajstić information content (AvgIpc) is 2.30. The normalized spacial score (nSPS) is 10.6. The van der Waals surface area contributed by atoms with Crippen molar-refractivity contribution in [3.8, 4) is 0 Å². The van der Waals surface area contributed by atoms with E-state index in [4.69, 9.17) is 0 Å². The van der Waals surface area contributed by atoms with Gasteiger partial charge in [0.15, 0.2) is 0 Å². The molecule has 0 heterocycles. The highest BCUT2D eigenvalue weighted by Gasteiger charge is 1.95. The monoisotopic (exact) mass is 220 g/mol. The predicted molar refractivity (Wildman–Crippen MR) is 70.9 cm³/mol. The summed E-state index contributed by atoms with van der Waals surface area (Å²) in [6, 6.07) is 8.62. The average molecular weight is 220 g/mol. The van der Waals surface area contributed by atoms with Gasteiger partial charge in [-0.15, -0.1) is 0 Å². The van der Waals surface area contributed by atoms with Crippen LogP contribution in [0.25, 0.3) is 0 Å². The molecule has 0 amide bonds. The smallest absolute Gasteiger partial charge is 0.000824 e. The van der Waals surface area contributed by atoms with E-state index in [2.05, 4.69) is 48.7 Å². The largest absolute Gasteiger partial charge is 0.317 e. The highest BCUT2D eigenvalue weighted by atomic mass is 14.9. The van der Waals surface area contributed by atoms with Crippen LogP contribution in [0.5, 0.6) is 0 Å². The SMILES string of the molecule is CCNCCCNCCc1ccccc1C. The first-order chi connectivity index (χ1) is 7.84. The number of nitrogens with one attached hydrogen (secondary N) is 2. The molecule has 0 radical (unpaired) electrons. The Kier molecular flexibility index (Phi) is 6.86. The first-order valence-electron chi connectivity index (χ1n) is 6.30. The second-order valence-electron chi connectivity index (χ2n) is 4.13. The summed E-state index contributed by atoms with van der Waals surface area (Å²) in [5.74, 6) is 0. The Morgan fingerprint density at radius 2 is 1.75 bits per heavy atom. The zero-order valence-electron chi connectivity index (χ0n) is 10.6. The molecule has 1 aromatic rings. The first-order valence-corrected chi connectivity index (χ1v) is 6.30. The van der Waals surface area contributed by atoms with Crippen LogP contribution in [0.3, 0.4) is 0 Å². The Labute approximate surface area is 99.5 Å². The highest BCUT2D eigenvalue weighted by molar-refractivity contribution is 5.25. The summed E-state index contributed by atoms with van der Waals surface area (Å²) >= 11 is 0. The third-order valence-electron chi connectivity index (χ3n) is 2.79. The Hall–Kier alpha value is -0.860. The third kappa shape index (κ3) is 5.29. The van der Waals surface area contributed by atoms with Gasteiger partial charge < -0.3 is 10.6 Å². The minimum Gasteiger partial charge on any atom is -0.317 e. The minimum absolute atomic E-state index is 1.07. The quantitative estimate of drug-likeness (QED) is 0.656. The first kappa shape index (κ1) is 13.2. The maximum Gasteiger partial charge on any atom is -0.000824 e. The van der Waals surface area contributed by atoms with Gasteiger partial charge >= 0.3 is 0 Å². The molecule has 0 aromatic heterocycles. The zero-order valence-corrected chi connectivity index (χ0v) is 10.6. The molecule has 0 saturated carbocycles. The molecule has 1 rings (SSSR count). The third-order valence-corrected chi connectivity index (χ3v) is 2.79. The number of hydrogen-bond donors (Lipinski definition) is 2. The molecule has 0 bridgehead atoms. The molecule has 90 valence electrons. The van der Waals surface area contributed by atoms with Gasteiger partial charge in [-0.3, -0.25) is 0 Å². The molecular formula is C14H24N2. The lowest BCUT2D eigenvalue weighted by atomic mass is 10.1. The molecule has 2 heteroatoms. The molecule has 0 fully saturated rings. The fraction of sp³-hybridized carbons (Fsp3) is 0.571. The van der Waals surface area contributed by atoms with Gasteiger partial charge in [-0.2, -0.15) is 0 Å². The van der Waals surface area contributed by atoms with Crippen LogP contribution in [0.1, 0.15) is 24.5 Å². The summed E-state index contributed by atoms with van der Waals surface area (Å²) < 4.78 is 0. The molecule has 0 aliphatic carbocycles. The Balaban J connectivity index is 2.05. The second-order valence-corrected chi connectivity index (χ2v) is 4.13. The molecule has 1 aromatic carbocycles. The maximum atomic E-state index is 3.48. The van der Waals surface area contributed by atoms with Crippen molar-refractivity contribution in [1.82, 2.24) is 10.6 Å². The van der Waals surface area contributed by atoms with Crippen LogP contribution in [-0.2, 0) is 6.42 Å². The van der Waals surface area contributed by atoms with Gasteiger partial charge in [0.1, 0.15) is 0 Å². The van der Waals surface area contributed by atoms with E-state index in [0.29, 0.717) is 0 Å². The summed E-state index contributed by atoms with van der Waals surface area (Å²) in [7, 11) is 0. The van der Waals surface area contributed by atoms with E-state index in [9.17, 15) is 0 Å². The lowest BCUT2D eigenvalue weighted by Gasteiger charge is -2.07. The molecule has 2 nitrogen and oxygen atoms in total. The lowest BCUT2D eigenvalue weighted by Crippen LogP contribution is -2.23. The van der Waals surface area contributed by atoms with Crippen LogP contribution in [0.15, 0.2) is 24.3 Å². The van der Waals surface area contributed by atoms with Gasteiger partial charge in [0.25, 0.3) is 0 Å².